The Labute approximate surface area is 298 Å². The van der Waals surface area contributed by atoms with Crippen molar-refractivity contribution < 1.29 is 0 Å². The van der Waals surface area contributed by atoms with Crippen molar-refractivity contribution in [1.82, 2.24) is 9.97 Å². The molecule has 50 heavy (non-hydrogen) atoms. The molecular formula is C48H48N2. The van der Waals surface area contributed by atoms with Crippen LogP contribution in [0.5, 0.6) is 0 Å². The monoisotopic (exact) mass is 652 g/mol. The van der Waals surface area contributed by atoms with E-state index in [0.717, 1.165) is 35.1 Å². The predicted octanol–water partition coefficient (Wildman–Crippen LogP) is 13.4. The Kier molecular flexibility index (Phi) is 9.44. The summed E-state index contributed by atoms with van der Waals surface area (Å²) in [6.45, 7) is 4.00. The first-order valence-electron chi connectivity index (χ1n) is 19.1. The molecule has 2 heteroatoms. The van der Waals surface area contributed by atoms with Gasteiger partial charge in [-0.05, 0) is 144 Å². The van der Waals surface area contributed by atoms with E-state index in [0.29, 0.717) is 0 Å². The van der Waals surface area contributed by atoms with Gasteiger partial charge in [-0.15, -0.1) is 0 Å². The van der Waals surface area contributed by atoms with Crippen LogP contribution in [0.3, 0.4) is 0 Å². The number of fused-ring (bicyclic) bond motifs is 4. The minimum absolute atomic E-state index is 0.780. The molecule has 6 aromatic rings. The second-order valence-electron chi connectivity index (χ2n) is 14.4. The quantitative estimate of drug-likeness (QED) is 0.189. The van der Waals surface area contributed by atoms with Crippen LogP contribution >= 0.6 is 0 Å². The number of rotatable bonds is 4. The fourth-order valence-electron chi connectivity index (χ4n) is 9.11. The minimum Gasteiger partial charge on any atom is -0.256 e. The predicted molar refractivity (Wildman–Crippen MR) is 209 cm³/mol. The largest absolute Gasteiger partial charge is 0.256 e. The Morgan fingerprint density at radius 3 is 1.32 bits per heavy atom. The van der Waals surface area contributed by atoms with Crippen LogP contribution in [0.2, 0.25) is 0 Å². The SMILES string of the molecule is CC.c1ccc(-c2ccc(-c3ccc4c(c3)C3CCC4CC3)nc2)cc1.c1ccc(-c2ccnc(-c3ccc4c(c3)C3CCC4CC3)c2)cc1. The maximum atomic E-state index is 4.74. The van der Waals surface area contributed by atoms with Crippen LogP contribution in [0.4, 0.5) is 0 Å². The van der Waals surface area contributed by atoms with Crippen LogP contribution in [-0.4, -0.2) is 9.97 Å². The summed E-state index contributed by atoms with van der Waals surface area (Å²) in [6.07, 6.45) is 15.0. The van der Waals surface area contributed by atoms with Crippen molar-refractivity contribution in [3.63, 3.8) is 0 Å². The van der Waals surface area contributed by atoms with E-state index >= 15 is 0 Å². The van der Waals surface area contributed by atoms with Crippen LogP contribution in [-0.2, 0) is 0 Å². The van der Waals surface area contributed by atoms with Crippen molar-refractivity contribution in [1.29, 1.82) is 0 Å². The van der Waals surface area contributed by atoms with E-state index < -0.39 is 0 Å². The van der Waals surface area contributed by atoms with E-state index in [9.17, 15) is 0 Å². The topological polar surface area (TPSA) is 25.8 Å². The first-order valence-corrected chi connectivity index (χ1v) is 19.1. The van der Waals surface area contributed by atoms with Crippen molar-refractivity contribution in [3.8, 4) is 44.8 Å². The molecule has 6 aliphatic carbocycles. The summed E-state index contributed by atoms with van der Waals surface area (Å²) in [5, 5.41) is 0. The summed E-state index contributed by atoms with van der Waals surface area (Å²) in [7, 11) is 0. The average Bonchev–Trinajstić information content (AvgIpc) is 3.23. The molecule has 0 N–H and O–H groups in total. The Bertz CT molecular complexity index is 2030. The van der Waals surface area contributed by atoms with Gasteiger partial charge in [-0.2, -0.15) is 0 Å². The highest BCUT2D eigenvalue weighted by Gasteiger charge is 2.34. The molecule has 0 radical (unpaired) electrons. The fraction of sp³-hybridized carbons (Fsp3) is 0.292. The molecule has 2 nitrogen and oxygen atoms in total. The highest BCUT2D eigenvalue weighted by atomic mass is 14.7. The van der Waals surface area contributed by atoms with Gasteiger partial charge in [0.1, 0.15) is 0 Å². The van der Waals surface area contributed by atoms with Crippen LogP contribution in [0.25, 0.3) is 44.8 Å². The lowest BCUT2D eigenvalue weighted by molar-refractivity contribution is 0.359. The Morgan fingerprint density at radius 2 is 0.820 bits per heavy atom. The molecule has 12 rings (SSSR count). The number of nitrogens with zero attached hydrogens (tertiary/aromatic N) is 2. The second kappa shape index (κ2) is 14.6. The van der Waals surface area contributed by atoms with E-state index in [1.165, 1.54) is 84.7 Å². The molecule has 0 unspecified atom stereocenters. The molecular weight excluding hydrogens is 605 g/mol. The van der Waals surface area contributed by atoms with Gasteiger partial charge in [0, 0.05) is 29.1 Å². The summed E-state index contributed by atoms with van der Waals surface area (Å²) in [4.78, 5) is 9.38. The summed E-state index contributed by atoms with van der Waals surface area (Å²) < 4.78 is 0. The number of benzene rings is 4. The van der Waals surface area contributed by atoms with E-state index in [4.69, 9.17) is 4.98 Å². The number of hydrogen-bond acceptors (Lipinski definition) is 2. The lowest BCUT2D eigenvalue weighted by Crippen LogP contribution is -2.21. The number of pyridine rings is 2. The van der Waals surface area contributed by atoms with Crippen LogP contribution in [0.1, 0.15) is 111 Å². The zero-order chi connectivity index (χ0) is 33.9. The zero-order valence-electron chi connectivity index (χ0n) is 29.6. The summed E-state index contributed by atoms with van der Waals surface area (Å²) in [5.74, 6) is 3.19. The van der Waals surface area contributed by atoms with Crippen molar-refractivity contribution in [3.05, 3.63) is 156 Å². The molecule has 0 atom stereocenters. The maximum absolute atomic E-state index is 4.74. The lowest BCUT2D eigenvalue weighted by Gasteiger charge is -2.38. The van der Waals surface area contributed by atoms with Gasteiger partial charge in [0.25, 0.3) is 0 Å². The molecule has 4 bridgehead atoms. The number of aromatic nitrogens is 2. The van der Waals surface area contributed by atoms with Gasteiger partial charge < -0.3 is 0 Å². The fourth-order valence-corrected chi connectivity index (χ4v) is 9.11. The Balaban J connectivity index is 0.000000138. The van der Waals surface area contributed by atoms with E-state index in [2.05, 4.69) is 120 Å². The first-order chi connectivity index (χ1) is 24.8. The zero-order valence-corrected chi connectivity index (χ0v) is 29.6. The highest BCUT2D eigenvalue weighted by Crippen LogP contribution is 2.51. The molecule has 2 heterocycles. The summed E-state index contributed by atoms with van der Waals surface area (Å²) >= 11 is 0. The smallest absolute Gasteiger partial charge is 0.0708 e. The molecule has 0 saturated heterocycles. The van der Waals surface area contributed by atoms with Gasteiger partial charge in [0.05, 0.1) is 11.4 Å². The first kappa shape index (κ1) is 32.4. The molecule has 6 aliphatic rings. The summed E-state index contributed by atoms with van der Waals surface area (Å²) in [5.41, 5.74) is 16.0. The second-order valence-corrected chi connectivity index (χ2v) is 14.4. The molecule has 0 aliphatic heterocycles. The van der Waals surface area contributed by atoms with Gasteiger partial charge in [-0.3, -0.25) is 9.97 Å². The molecule has 250 valence electrons. The van der Waals surface area contributed by atoms with Crippen molar-refractivity contribution in [2.75, 3.05) is 0 Å². The van der Waals surface area contributed by atoms with Gasteiger partial charge in [-0.1, -0.05) is 105 Å². The van der Waals surface area contributed by atoms with Gasteiger partial charge in [0.15, 0.2) is 0 Å². The standard InChI is InChI=1S/2C23H21N.C2H6/c1-2-4-16(5-3-1)20-11-13-23(24-15-20)19-10-12-21-17-6-8-18(9-7-17)22(21)14-19;1-2-4-16(5-3-1)19-12-13-24-23(15-19)20-10-11-21-17-6-8-18(9-7-17)22(21)14-20;1-2/h2*1-5,10-15,17-18H,6-9H2;1-2H3. The van der Waals surface area contributed by atoms with Crippen LogP contribution < -0.4 is 0 Å². The Morgan fingerprint density at radius 1 is 0.360 bits per heavy atom. The van der Waals surface area contributed by atoms with Crippen molar-refractivity contribution in [2.45, 2.75) is 88.9 Å². The third-order valence-electron chi connectivity index (χ3n) is 11.7. The van der Waals surface area contributed by atoms with Crippen molar-refractivity contribution in [2.24, 2.45) is 0 Å². The average molecular weight is 653 g/mol. The van der Waals surface area contributed by atoms with E-state index in [1.807, 2.05) is 32.3 Å². The van der Waals surface area contributed by atoms with Gasteiger partial charge in [0.2, 0.25) is 0 Å². The molecule has 2 aromatic heterocycles. The third kappa shape index (κ3) is 6.44. The van der Waals surface area contributed by atoms with Crippen LogP contribution in [0.15, 0.2) is 134 Å². The van der Waals surface area contributed by atoms with Gasteiger partial charge in [-0.25, -0.2) is 0 Å². The molecule has 4 aromatic carbocycles. The Hall–Kier alpha value is -4.82. The van der Waals surface area contributed by atoms with E-state index in [-0.39, 0.29) is 0 Å². The molecule has 2 fully saturated rings. The van der Waals surface area contributed by atoms with E-state index in [1.54, 1.807) is 22.3 Å². The molecule has 0 spiro atoms. The minimum atomic E-state index is 0.780. The lowest BCUT2D eigenvalue weighted by atomic mass is 9.67. The maximum Gasteiger partial charge on any atom is 0.0708 e. The third-order valence-corrected chi connectivity index (χ3v) is 11.7. The van der Waals surface area contributed by atoms with Gasteiger partial charge >= 0.3 is 0 Å². The number of hydrogen-bond donors (Lipinski definition) is 0. The molecule has 0 amide bonds. The summed E-state index contributed by atoms with van der Waals surface area (Å²) in [6, 6.07) is 43.8. The van der Waals surface area contributed by atoms with Crippen LogP contribution in [0, 0.1) is 0 Å². The highest BCUT2D eigenvalue weighted by molar-refractivity contribution is 5.71. The normalized spacial score (nSPS) is 20.8. The van der Waals surface area contributed by atoms with Crippen molar-refractivity contribution >= 4 is 0 Å². The molecule has 2 saturated carbocycles.